The van der Waals surface area contributed by atoms with Gasteiger partial charge in [0, 0.05) is 11.5 Å². The normalized spacial score (nSPS) is 26.7. The summed E-state index contributed by atoms with van der Waals surface area (Å²) in [6.07, 6.45) is 2.70. The van der Waals surface area contributed by atoms with Crippen molar-refractivity contribution in [1.29, 1.82) is 0 Å². The van der Waals surface area contributed by atoms with Crippen molar-refractivity contribution < 1.29 is 0 Å². The maximum Gasteiger partial charge on any atom is 0.160 e. The zero-order chi connectivity index (χ0) is 6.27. The molecule has 0 aromatic heterocycles. The molecule has 1 nitrogen and oxygen atoms in total. The minimum Gasteiger partial charge on any atom is -0.238 e. The average Bonchev–Trinajstić information content (AvgIpc) is 2.58. The predicted octanol–water partition coefficient (Wildman–Crippen LogP) is 1.87. The molecule has 0 spiro atoms. The third kappa shape index (κ3) is 1.17. The van der Waals surface area contributed by atoms with Crippen molar-refractivity contribution in [2.75, 3.05) is 5.75 Å². The Kier molecular flexibility index (Phi) is 1.34. The molecule has 3 heteroatoms. The van der Waals surface area contributed by atoms with Gasteiger partial charge in [-0.25, -0.2) is 4.99 Å². The van der Waals surface area contributed by atoms with Crippen LogP contribution in [0, 0.1) is 5.92 Å². The smallest absolute Gasteiger partial charge is 0.160 e. The predicted molar refractivity (Wildman–Crippen MR) is 45.2 cm³/mol. The van der Waals surface area contributed by atoms with Gasteiger partial charge in [-0.1, -0.05) is 24.0 Å². The van der Waals surface area contributed by atoms with Crippen LogP contribution in [0.15, 0.2) is 4.99 Å². The summed E-state index contributed by atoms with van der Waals surface area (Å²) in [7, 11) is 0. The molecule has 0 saturated heterocycles. The molecule has 0 N–H and O–H groups in total. The quantitative estimate of drug-likeness (QED) is 0.539. The van der Waals surface area contributed by atoms with Gasteiger partial charge in [-0.2, -0.15) is 0 Å². The second-order valence-electron chi connectivity index (χ2n) is 2.43. The van der Waals surface area contributed by atoms with E-state index in [-0.39, 0.29) is 0 Å². The van der Waals surface area contributed by atoms with Gasteiger partial charge in [0.15, 0.2) is 4.32 Å². The Morgan fingerprint density at radius 3 is 2.78 bits per heavy atom. The molecule has 1 aliphatic carbocycles. The summed E-state index contributed by atoms with van der Waals surface area (Å²) in [6.45, 7) is 0. The van der Waals surface area contributed by atoms with Crippen molar-refractivity contribution in [2.45, 2.75) is 12.8 Å². The molecule has 1 saturated carbocycles. The number of thiocarbonyl (C=S) groups is 1. The zero-order valence-corrected chi connectivity index (χ0v) is 6.60. The van der Waals surface area contributed by atoms with Crippen molar-refractivity contribution in [3.63, 3.8) is 0 Å². The monoisotopic (exact) mass is 157 g/mol. The van der Waals surface area contributed by atoms with E-state index < -0.39 is 0 Å². The van der Waals surface area contributed by atoms with Crippen LogP contribution in [0.3, 0.4) is 0 Å². The summed E-state index contributed by atoms with van der Waals surface area (Å²) in [4.78, 5) is 4.26. The summed E-state index contributed by atoms with van der Waals surface area (Å²) in [5.74, 6) is 1.89. The van der Waals surface area contributed by atoms with Crippen molar-refractivity contribution in [2.24, 2.45) is 10.9 Å². The van der Waals surface area contributed by atoms with Gasteiger partial charge in [-0.15, -0.1) is 0 Å². The van der Waals surface area contributed by atoms with Gasteiger partial charge < -0.3 is 0 Å². The maximum absolute atomic E-state index is 4.92. The number of rotatable bonds is 1. The topological polar surface area (TPSA) is 12.4 Å². The molecule has 2 aliphatic rings. The Hall–Kier alpha value is 0.110. The fourth-order valence-corrected chi connectivity index (χ4v) is 1.99. The summed E-state index contributed by atoms with van der Waals surface area (Å²) < 4.78 is 0.844. The molecule has 9 heavy (non-hydrogen) atoms. The minimum absolute atomic E-state index is 0.818. The summed E-state index contributed by atoms with van der Waals surface area (Å²) in [6, 6.07) is 0. The number of hydrogen-bond donors (Lipinski definition) is 0. The highest BCUT2D eigenvalue weighted by molar-refractivity contribution is 8.23. The van der Waals surface area contributed by atoms with E-state index in [1.807, 2.05) is 0 Å². The van der Waals surface area contributed by atoms with E-state index in [0.29, 0.717) is 0 Å². The summed E-state index contributed by atoms with van der Waals surface area (Å²) in [5.41, 5.74) is 1.35. The molecule has 0 bridgehead atoms. The lowest BCUT2D eigenvalue weighted by Gasteiger charge is -1.87. The number of aliphatic imine (C=N–C) groups is 1. The van der Waals surface area contributed by atoms with Crippen LogP contribution >= 0.6 is 24.0 Å². The van der Waals surface area contributed by atoms with Gasteiger partial charge in [-0.05, 0) is 18.8 Å². The molecule has 1 aliphatic heterocycles. The molecule has 0 aromatic rings. The van der Waals surface area contributed by atoms with Gasteiger partial charge in [-0.3, -0.25) is 0 Å². The molecule has 48 valence electrons. The highest BCUT2D eigenvalue weighted by Gasteiger charge is 2.30. The highest BCUT2D eigenvalue weighted by atomic mass is 32.2. The first-order valence-electron chi connectivity index (χ1n) is 3.10. The largest absolute Gasteiger partial charge is 0.238 e. The van der Waals surface area contributed by atoms with Crippen LogP contribution < -0.4 is 0 Å². The van der Waals surface area contributed by atoms with Gasteiger partial charge in [0.05, 0.1) is 0 Å². The Bertz CT molecular complexity index is 181. The average molecular weight is 157 g/mol. The lowest BCUT2D eigenvalue weighted by Crippen LogP contribution is -1.98. The van der Waals surface area contributed by atoms with Gasteiger partial charge >= 0.3 is 0 Å². The van der Waals surface area contributed by atoms with Crippen LogP contribution in [0.1, 0.15) is 12.8 Å². The first-order valence-corrected chi connectivity index (χ1v) is 4.50. The van der Waals surface area contributed by atoms with Crippen LogP contribution in [0.2, 0.25) is 0 Å². The van der Waals surface area contributed by atoms with E-state index in [4.69, 9.17) is 12.2 Å². The number of thioether (sulfide) groups is 1. The Morgan fingerprint density at radius 1 is 1.56 bits per heavy atom. The van der Waals surface area contributed by atoms with E-state index in [1.54, 1.807) is 11.8 Å². The van der Waals surface area contributed by atoms with Gasteiger partial charge in [0.25, 0.3) is 0 Å². The number of nitrogens with zero attached hydrogens (tertiary/aromatic N) is 1. The molecular weight excluding hydrogens is 150 g/mol. The summed E-state index contributed by atoms with van der Waals surface area (Å²) in [5, 5.41) is 0. The third-order valence-electron chi connectivity index (χ3n) is 1.63. The standard InChI is InChI=1S/C6H7NS2/c8-6-7-5(3-9-6)4-1-2-4/h4H,1-3H2. The molecular formula is C6H7NS2. The second kappa shape index (κ2) is 2.06. The lowest BCUT2D eigenvalue weighted by molar-refractivity contribution is 1.19. The van der Waals surface area contributed by atoms with Gasteiger partial charge in [0.2, 0.25) is 0 Å². The first kappa shape index (κ1) is 5.86. The fraction of sp³-hybridized carbons (Fsp3) is 0.667. The Balaban J connectivity index is 2.11. The van der Waals surface area contributed by atoms with E-state index in [9.17, 15) is 0 Å². The third-order valence-corrected chi connectivity index (χ3v) is 2.85. The number of hydrogen-bond acceptors (Lipinski definition) is 2. The van der Waals surface area contributed by atoms with Crippen LogP contribution in [-0.2, 0) is 0 Å². The van der Waals surface area contributed by atoms with Crippen LogP contribution in [0.5, 0.6) is 0 Å². The van der Waals surface area contributed by atoms with E-state index >= 15 is 0 Å². The molecule has 0 aromatic carbocycles. The van der Waals surface area contributed by atoms with Crippen molar-refractivity contribution in [3.05, 3.63) is 0 Å². The molecule has 0 radical (unpaired) electrons. The van der Waals surface area contributed by atoms with E-state index in [2.05, 4.69) is 4.99 Å². The van der Waals surface area contributed by atoms with Crippen LogP contribution in [0.25, 0.3) is 0 Å². The first-order chi connectivity index (χ1) is 4.36. The maximum atomic E-state index is 4.92. The van der Waals surface area contributed by atoms with E-state index in [1.165, 1.54) is 18.6 Å². The van der Waals surface area contributed by atoms with Crippen molar-refractivity contribution in [1.82, 2.24) is 0 Å². The SMILES string of the molecule is S=C1N=C(C2CC2)CS1. The highest BCUT2D eigenvalue weighted by Crippen LogP contribution is 2.34. The Labute approximate surface area is 63.9 Å². The molecule has 0 atom stereocenters. The molecule has 1 fully saturated rings. The molecule has 0 amide bonds. The van der Waals surface area contributed by atoms with Crippen molar-refractivity contribution in [3.8, 4) is 0 Å². The molecule has 0 unspecified atom stereocenters. The van der Waals surface area contributed by atoms with Crippen molar-refractivity contribution >= 4 is 34.0 Å². The summed E-state index contributed by atoms with van der Waals surface area (Å²) >= 11 is 6.62. The minimum atomic E-state index is 0.818. The zero-order valence-electron chi connectivity index (χ0n) is 4.96. The van der Waals surface area contributed by atoms with E-state index in [0.717, 1.165) is 16.0 Å². The second-order valence-corrected chi connectivity index (χ2v) is 4.04. The van der Waals surface area contributed by atoms with Gasteiger partial charge in [0.1, 0.15) is 0 Å². The Morgan fingerprint density at radius 2 is 2.33 bits per heavy atom. The fourth-order valence-electron chi connectivity index (χ4n) is 0.943. The van der Waals surface area contributed by atoms with Crippen LogP contribution in [0.4, 0.5) is 0 Å². The molecule has 2 rings (SSSR count). The molecule has 1 heterocycles. The van der Waals surface area contributed by atoms with Crippen LogP contribution in [-0.4, -0.2) is 15.8 Å². The lowest BCUT2D eigenvalue weighted by atomic mass is 10.3.